The van der Waals surface area contributed by atoms with Crippen molar-refractivity contribution in [2.75, 3.05) is 0 Å². The molecule has 194 valence electrons. The van der Waals surface area contributed by atoms with Crippen molar-refractivity contribution in [2.24, 2.45) is 5.10 Å². The van der Waals surface area contributed by atoms with Crippen LogP contribution in [0.4, 0.5) is 0 Å². The van der Waals surface area contributed by atoms with Gasteiger partial charge in [0.25, 0.3) is 5.91 Å². The Morgan fingerprint density at radius 3 is 2.41 bits per heavy atom. The number of aromatic nitrogens is 1. The standard InChI is InChI=1S/C32H25BrClN3O2/c1-22-7-17-30(25-5-3-2-4-6-25)37(22)28-15-11-26(12-16-28)32(38)36-35-20-24-10-18-31(29(33)19-24)39-21-23-8-13-27(34)14-9-23/h2-20H,21H2,1H3,(H,36,38)/b35-20+. The van der Waals surface area contributed by atoms with Gasteiger partial charge >= 0.3 is 0 Å². The number of rotatable bonds is 8. The van der Waals surface area contributed by atoms with Crippen LogP contribution in [0.5, 0.6) is 5.75 Å². The summed E-state index contributed by atoms with van der Waals surface area (Å²) in [5.74, 6) is 0.423. The Labute approximate surface area is 240 Å². The highest BCUT2D eigenvalue weighted by molar-refractivity contribution is 9.10. The third kappa shape index (κ3) is 6.48. The van der Waals surface area contributed by atoms with E-state index in [0.29, 0.717) is 22.9 Å². The average Bonchev–Trinajstić information content (AvgIpc) is 3.35. The second-order valence-electron chi connectivity index (χ2n) is 8.91. The Morgan fingerprint density at radius 2 is 1.69 bits per heavy atom. The van der Waals surface area contributed by atoms with Crippen LogP contribution in [0.2, 0.25) is 5.02 Å². The molecule has 0 bridgehead atoms. The molecule has 5 rings (SSSR count). The second kappa shape index (κ2) is 12.2. The summed E-state index contributed by atoms with van der Waals surface area (Å²) in [6, 6.07) is 35.1. The third-order valence-electron chi connectivity index (χ3n) is 6.18. The number of halogens is 2. The van der Waals surface area contributed by atoms with E-state index in [0.717, 1.165) is 38.2 Å². The minimum atomic E-state index is -0.285. The van der Waals surface area contributed by atoms with E-state index in [1.54, 1.807) is 18.3 Å². The van der Waals surface area contributed by atoms with Gasteiger partial charge in [-0.1, -0.05) is 54.1 Å². The minimum absolute atomic E-state index is 0.285. The number of aryl methyl sites for hydroxylation is 1. The van der Waals surface area contributed by atoms with Crippen molar-refractivity contribution >= 4 is 39.7 Å². The highest BCUT2D eigenvalue weighted by atomic mass is 79.9. The van der Waals surface area contributed by atoms with Gasteiger partial charge in [0.05, 0.1) is 16.4 Å². The number of hydrogen-bond donors (Lipinski definition) is 1. The second-order valence-corrected chi connectivity index (χ2v) is 10.2. The lowest BCUT2D eigenvalue weighted by Gasteiger charge is -2.12. The number of carbonyl (C=O) groups is 1. The van der Waals surface area contributed by atoms with E-state index in [4.69, 9.17) is 16.3 Å². The van der Waals surface area contributed by atoms with Crippen LogP contribution in [0.25, 0.3) is 16.9 Å². The molecule has 0 aliphatic rings. The Hall–Kier alpha value is -4.13. The number of ether oxygens (including phenoxy) is 1. The van der Waals surface area contributed by atoms with Crippen molar-refractivity contribution in [3.63, 3.8) is 0 Å². The summed E-state index contributed by atoms with van der Waals surface area (Å²) in [6.07, 6.45) is 1.59. The highest BCUT2D eigenvalue weighted by Gasteiger charge is 2.11. The largest absolute Gasteiger partial charge is 0.488 e. The van der Waals surface area contributed by atoms with E-state index in [-0.39, 0.29) is 5.91 Å². The number of benzene rings is 4. The summed E-state index contributed by atoms with van der Waals surface area (Å²) in [4.78, 5) is 12.7. The number of hydrazone groups is 1. The molecule has 5 aromatic rings. The summed E-state index contributed by atoms with van der Waals surface area (Å²) < 4.78 is 8.85. The predicted molar refractivity (Wildman–Crippen MR) is 161 cm³/mol. The van der Waals surface area contributed by atoms with Crippen LogP contribution in [0.1, 0.15) is 27.2 Å². The Bertz CT molecular complexity index is 1610. The molecule has 1 amide bonds. The predicted octanol–water partition coefficient (Wildman–Crippen LogP) is 8.21. The third-order valence-corrected chi connectivity index (χ3v) is 7.05. The van der Waals surface area contributed by atoms with Crippen LogP contribution in [0.3, 0.4) is 0 Å². The van der Waals surface area contributed by atoms with Gasteiger partial charge in [-0.2, -0.15) is 5.10 Å². The lowest BCUT2D eigenvalue weighted by Crippen LogP contribution is -2.17. The molecule has 0 aliphatic heterocycles. The number of nitrogens with one attached hydrogen (secondary N) is 1. The molecular formula is C32H25BrClN3O2. The highest BCUT2D eigenvalue weighted by Crippen LogP contribution is 2.28. The van der Waals surface area contributed by atoms with Crippen LogP contribution in [-0.4, -0.2) is 16.7 Å². The van der Waals surface area contributed by atoms with Crippen molar-refractivity contribution in [1.82, 2.24) is 9.99 Å². The first-order chi connectivity index (χ1) is 19.0. The van der Waals surface area contributed by atoms with Gasteiger partial charge in [-0.3, -0.25) is 4.79 Å². The Kier molecular flexibility index (Phi) is 8.25. The first kappa shape index (κ1) is 26.5. The van der Waals surface area contributed by atoms with Gasteiger partial charge in [-0.05, 0) is 106 Å². The fraction of sp³-hybridized carbons (Fsp3) is 0.0625. The van der Waals surface area contributed by atoms with E-state index >= 15 is 0 Å². The maximum absolute atomic E-state index is 12.7. The molecule has 0 fully saturated rings. The minimum Gasteiger partial charge on any atom is -0.488 e. The summed E-state index contributed by atoms with van der Waals surface area (Å²) in [5, 5.41) is 4.82. The van der Waals surface area contributed by atoms with Crippen LogP contribution >= 0.6 is 27.5 Å². The molecule has 0 aliphatic carbocycles. The van der Waals surface area contributed by atoms with Gasteiger partial charge < -0.3 is 9.30 Å². The molecule has 0 atom stereocenters. The van der Waals surface area contributed by atoms with Crippen molar-refractivity contribution < 1.29 is 9.53 Å². The molecule has 1 heterocycles. The van der Waals surface area contributed by atoms with Crippen molar-refractivity contribution in [3.05, 3.63) is 141 Å². The molecule has 0 saturated heterocycles. The van der Waals surface area contributed by atoms with E-state index in [9.17, 15) is 4.79 Å². The van der Waals surface area contributed by atoms with Crippen molar-refractivity contribution in [2.45, 2.75) is 13.5 Å². The first-order valence-electron chi connectivity index (χ1n) is 12.3. The molecule has 0 saturated carbocycles. The van der Waals surface area contributed by atoms with Gasteiger partial charge in [-0.15, -0.1) is 0 Å². The molecule has 5 nitrogen and oxygen atoms in total. The monoisotopic (exact) mass is 597 g/mol. The summed E-state index contributed by atoms with van der Waals surface area (Å²) in [7, 11) is 0. The molecule has 0 radical (unpaired) electrons. The topological polar surface area (TPSA) is 55.6 Å². The van der Waals surface area contributed by atoms with Crippen LogP contribution in [-0.2, 0) is 6.61 Å². The Balaban J connectivity index is 1.20. The van der Waals surface area contributed by atoms with Gasteiger partial charge in [0, 0.05) is 22.0 Å². The fourth-order valence-corrected chi connectivity index (χ4v) is 4.80. The quantitative estimate of drug-likeness (QED) is 0.145. The summed E-state index contributed by atoms with van der Waals surface area (Å²) >= 11 is 9.48. The molecule has 1 aromatic heterocycles. The molecule has 39 heavy (non-hydrogen) atoms. The molecule has 0 unspecified atom stereocenters. The van der Waals surface area contributed by atoms with Crippen molar-refractivity contribution in [3.8, 4) is 22.7 Å². The zero-order valence-corrected chi connectivity index (χ0v) is 23.5. The number of nitrogens with zero attached hydrogens (tertiary/aromatic N) is 2. The van der Waals surface area contributed by atoms with E-state index in [1.807, 2.05) is 72.8 Å². The van der Waals surface area contributed by atoms with E-state index < -0.39 is 0 Å². The zero-order chi connectivity index (χ0) is 27.2. The SMILES string of the molecule is Cc1ccc(-c2ccccc2)n1-c1ccc(C(=O)N/N=C/c2ccc(OCc3ccc(Cl)cc3)c(Br)c2)cc1. The molecule has 1 N–H and O–H groups in total. The number of hydrogen-bond acceptors (Lipinski definition) is 3. The van der Waals surface area contributed by atoms with Crippen LogP contribution < -0.4 is 10.2 Å². The molecule has 7 heteroatoms. The summed E-state index contributed by atoms with van der Waals surface area (Å²) in [5.41, 5.74) is 9.29. The van der Waals surface area contributed by atoms with E-state index in [2.05, 4.69) is 62.2 Å². The normalized spacial score (nSPS) is 11.1. The van der Waals surface area contributed by atoms with E-state index in [1.165, 1.54) is 0 Å². The first-order valence-corrected chi connectivity index (χ1v) is 13.5. The average molecular weight is 599 g/mol. The number of amides is 1. The van der Waals surface area contributed by atoms with Crippen LogP contribution in [0, 0.1) is 6.92 Å². The summed E-state index contributed by atoms with van der Waals surface area (Å²) in [6.45, 7) is 2.49. The van der Waals surface area contributed by atoms with Crippen LogP contribution in [0.15, 0.2) is 119 Å². The van der Waals surface area contributed by atoms with Gasteiger partial charge in [0.15, 0.2) is 0 Å². The van der Waals surface area contributed by atoms with Gasteiger partial charge in [0.2, 0.25) is 0 Å². The van der Waals surface area contributed by atoms with Gasteiger partial charge in [0.1, 0.15) is 12.4 Å². The zero-order valence-electron chi connectivity index (χ0n) is 21.1. The smallest absolute Gasteiger partial charge is 0.271 e. The maximum Gasteiger partial charge on any atom is 0.271 e. The van der Waals surface area contributed by atoms with Gasteiger partial charge in [-0.25, -0.2) is 5.43 Å². The fourth-order valence-electron chi connectivity index (χ4n) is 4.16. The van der Waals surface area contributed by atoms with Crippen molar-refractivity contribution in [1.29, 1.82) is 0 Å². The molecule has 0 spiro atoms. The Morgan fingerprint density at radius 1 is 0.949 bits per heavy atom. The lowest BCUT2D eigenvalue weighted by molar-refractivity contribution is 0.0955. The molecular weight excluding hydrogens is 574 g/mol. The maximum atomic E-state index is 12.7. The number of carbonyl (C=O) groups excluding carboxylic acids is 1. The lowest BCUT2D eigenvalue weighted by atomic mass is 10.1. The molecule has 4 aromatic carbocycles.